The molecule has 4 heteroatoms. The van der Waals surface area contributed by atoms with E-state index in [0.717, 1.165) is 40.7 Å². The first-order valence-electron chi connectivity index (χ1n) is 20.6. The van der Waals surface area contributed by atoms with Gasteiger partial charge in [-0.25, -0.2) is 9.59 Å². The molecule has 2 aromatic carbocycles. The van der Waals surface area contributed by atoms with Gasteiger partial charge in [0.05, 0.1) is 0 Å². The summed E-state index contributed by atoms with van der Waals surface area (Å²) in [7, 11) is 0. The Balaban J connectivity index is 1.44. The van der Waals surface area contributed by atoms with Crippen LogP contribution in [0.4, 0.5) is 0 Å². The Morgan fingerprint density at radius 2 is 1.02 bits per heavy atom. The highest BCUT2D eigenvalue weighted by Gasteiger charge is 2.27. The normalized spacial score (nSPS) is 18.4. The van der Waals surface area contributed by atoms with Crippen molar-refractivity contribution >= 4 is 24.1 Å². The first-order chi connectivity index (χ1) is 27.5. The van der Waals surface area contributed by atoms with Gasteiger partial charge < -0.3 is 9.47 Å². The van der Waals surface area contributed by atoms with Crippen molar-refractivity contribution in [2.75, 3.05) is 0 Å². The van der Waals surface area contributed by atoms with Crippen LogP contribution in [0.25, 0.3) is 12.2 Å². The van der Waals surface area contributed by atoms with E-state index in [1.54, 1.807) is 18.2 Å². The Morgan fingerprint density at radius 3 is 1.45 bits per heavy atom. The number of allylic oxidation sites excluding steroid dienone is 18. The standard InChI is InChI=1S/C54H63O4/c1-39(26-30-49-43(5)22-16-32-53(49,7)8)18-14-20-41(3)34-51(55)57-47-36-46(29-28-45-24-12-11-13-25-45)37-48(38-47)58-52(56)35-42(4)21-15-19-40(2)27-31-50-44(6)23-17-33-54(50,9)10/h12-15,18-21,24-31,34-38H,16-17,22-23,32-33H2,1-10H3/b20-14+,21-15+,29-28+,30-26+,31-27+,39-18+,40-19+,41-34+,42-35+. The summed E-state index contributed by atoms with van der Waals surface area (Å²) >= 11 is 0. The molecule has 0 bridgehead atoms. The molecule has 1 radical (unpaired) electrons. The summed E-state index contributed by atoms with van der Waals surface area (Å²) in [5.74, 6) is -0.542. The number of carbonyl (C=O) groups is 2. The van der Waals surface area contributed by atoms with E-state index in [9.17, 15) is 9.59 Å². The average molecular weight is 776 g/mol. The van der Waals surface area contributed by atoms with Crippen molar-refractivity contribution in [3.8, 4) is 11.5 Å². The molecular weight excluding hydrogens is 713 g/mol. The Labute approximate surface area is 349 Å². The maximum atomic E-state index is 13.0. The molecule has 0 saturated heterocycles. The molecule has 0 aliphatic heterocycles. The molecule has 4 nitrogen and oxygen atoms in total. The van der Waals surface area contributed by atoms with Gasteiger partial charge in [0.15, 0.2) is 0 Å². The molecule has 0 fully saturated rings. The van der Waals surface area contributed by atoms with Crippen LogP contribution in [0.3, 0.4) is 0 Å². The highest BCUT2D eigenvalue weighted by molar-refractivity contribution is 5.87. The summed E-state index contributed by atoms with van der Waals surface area (Å²) in [4.78, 5) is 26.1. The second-order valence-corrected chi connectivity index (χ2v) is 17.1. The third-order valence-electron chi connectivity index (χ3n) is 10.8. The highest BCUT2D eigenvalue weighted by Crippen LogP contribution is 2.42. The lowest BCUT2D eigenvalue weighted by molar-refractivity contribution is -0.129. The monoisotopic (exact) mass is 775 g/mol. The first kappa shape index (κ1) is 45.2. The second kappa shape index (κ2) is 21.3. The molecule has 0 saturated carbocycles. The Hall–Kier alpha value is -5.48. The zero-order valence-electron chi connectivity index (χ0n) is 36.5. The largest absolute Gasteiger partial charge is 0.423 e. The molecule has 0 heterocycles. The third kappa shape index (κ3) is 14.8. The molecule has 0 aromatic heterocycles. The van der Waals surface area contributed by atoms with Gasteiger partial charge in [0.2, 0.25) is 0 Å². The van der Waals surface area contributed by atoms with Crippen molar-refractivity contribution in [1.29, 1.82) is 0 Å². The van der Waals surface area contributed by atoms with E-state index in [1.165, 1.54) is 60.1 Å². The topological polar surface area (TPSA) is 52.6 Å². The van der Waals surface area contributed by atoms with E-state index in [1.807, 2.05) is 86.7 Å². The van der Waals surface area contributed by atoms with Crippen molar-refractivity contribution < 1.29 is 19.1 Å². The quantitative estimate of drug-likeness (QED) is 0.0630. The van der Waals surface area contributed by atoms with Crippen LogP contribution in [0.1, 0.15) is 119 Å². The predicted octanol–water partition coefficient (Wildman–Crippen LogP) is 14.5. The lowest BCUT2D eigenvalue weighted by atomic mass is 9.72. The average Bonchev–Trinajstić information content (AvgIpc) is 3.13. The van der Waals surface area contributed by atoms with Crippen LogP contribution in [0.2, 0.25) is 0 Å². The minimum atomic E-state index is -0.532. The summed E-state index contributed by atoms with van der Waals surface area (Å²) in [6, 6.07) is 15.6. The number of hydrogen-bond donors (Lipinski definition) is 0. The maximum absolute atomic E-state index is 13.0. The molecule has 303 valence electrons. The molecule has 58 heavy (non-hydrogen) atoms. The number of rotatable bonds is 14. The fraction of sp³-hybridized carbons (Fsp3) is 0.333. The first-order valence-corrected chi connectivity index (χ1v) is 20.6. The summed E-state index contributed by atoms with van der Waals surface area (Å²) in [6.45, 7) is 21.6. The number of esters is 2. The molecule has 0 atom stereocenters. The summed E-state index contributed by atoms with van der Waals surface area (Å²) in [6.07, 6.45) is 34.5. The summed E-state index contributed by atoms with van der Waals surface area (Å²) in [5, 5.41) is 0. The number of hydrogen-bond acceptors (Lipinski definition) is 4. The fourth-order valence-electron chi connectivity index (χ4n) is 7.54. The zero-order chi connectivity index (χ0) is 42.3. The number of ether oxygens (including phenoxy) is 2. The van der Waals surface area contributed by atoms with Crippen molar-refractivity contribution in [1.82, 2.24) is 0 Å². The predicted molar refractivity (Wildman–Crippen MR) is 244 cm³/mol. The lowest BCUT2D eigenvalue weighted by Crippen LogP contribution is -2.19. The minimum absolute atomic E-state index is 0.195. The second-order valence-electron chi connectivity index (χ2n) is 17.1. The van der Waals surface area contributed by atoms with E-state index < -0.39 is 11.9 Å². The molecule has 0 N–H and O–H groups in total. The van der Waals surface area contributed by atoms with Crippen LogP contribution in [-0.4, -0.2) is 11.9 Å². The van der Waals surface area contributed by atoms with Crippen LogP contribution in [0.15, 0.2) is 160 Å². The van der Waals surface area contributed by atoms with Crippen molar-refractivity contribution in [2.24, 2.45) is 10.8 Å². The van der Waals surface area contributed by atoms with Crippen LogP contribution in [-0.2, 0) is 9.59 Å². The van der Waals surface area contributed by atoms with Gasteiger partial charge in [0, 0.05) is 18.2 Å². The van der Waals surface area contributed by atoms with Crippen LogP contribution in [0, 0.1) is 16.9 Å². The molecule has 0 spiro atoms. The Bertz CT molecular complexity index is 2020. The van der Waals surface area contributed by atoms with Gasteiger partial charge in [-0.2, -0.15) is 0 Å². The number of carbonyl (C=O) groups excluding carboxylic acids is 2. The van der Waals surface area contributed by atoms with Crippen molar-refractivity contribution in [3.05, 3.63) is 177 Å². The molecule has 0 unspecified atom stereocenters. The van der Waals surface area contributed by atoms with Crippen molar-refractivity contribution in [3.63, 3.8) is 0 Å². The molecule has 2 aliphatic rings. The summed E-state index contributed by atoms with van der Waals surface area (Å²) in [5.41, 5.74) is 11.6. The van der Waals surface area contributed by atoms with Gasteiger partial charge >= 0.3 is 11.9 Å². The fourth-order valence-corrected chi connectivity index (χ4v) is 7.54. The maximum Gasteiger partial charge on any atom is 0.336 e. The molecule has 4 rings (SSSR count). The zero-order valence-corrected chi connectivity index (χ0v) is 36.5. The van der Waals surface area contributed by atoms with Crippen molar-refractivity contribution in [2.45, 2.75) is 108 Å². The highest BCUT2D eigenvalue weighted by atomic mass is 16.5. The van der Waals surface area contributed by atoms with E-state index >= 15 is 0 Å². The van der Waals surface area contributed by atoms with E-state index in [4.69, 9.17) is 9.47 Å². The third-order valence-corrected chi connectivity index (χ3v) is 10.8. The van der Waals surface area contributed by atoms with Gasteiger partial charge in [0.25, 0.3) is 0 Å². The van der Waals surface area contributed by atoms with E-state index in [-0.39, 0.29) is 22.3 Å². The summed E-state index contributed by atoms with van der Waals surface area (Å²) < 4.78 is 11.5. The van der Waals surface area contributed by atoms with E-state index in [0.29, 0.717) is 5.56 Å². The molecular formula is C54H63O4. The molecule has 2 aromatic rings. The van der Waals surface area contributed by atoms with Crippen LogP contribution in [0.5, 0.6) is 11.5 Å². The smallest absolute Gasteiger partial charge is 0.336 e. The lowest BCUT2D eigenvalue weighted by Gasteiger charge is -2.33. The van der Waals surface area contributed by atoms with Gasteiger partial charge in [-0.05, 0) is 143 Å². The molecule has 2 aliphatic carbocycles. The van der Waals surface area contributed by atoms with Gasteiger partial charge in [-0.3, -0.25) is 0 Å². The van der Waals surface area contributed by atoms with E-state index in [2.05, 4.69) is 85.8 Å². The number of benzene rings is 2. The Kier molecular flexibility index (Phi) is 16.6. The SMILES string of the molecule is CC1=C(/C=C/C(C)=C/C=C/C(C)=C/C(=O)Oc2cc(/C=C/c3cc[c]cc3)cc(OC(=O)/C=C(C)/C=C/C=C(C)/C=C/C3=C(C)CCCC3(C)C)c2)C(C)(C)CCC1. The van der Waals surface area contributed by atoms with Crippen LogP contribution >= 0.6 is 0 Å². The van der Waals surface area contributed by atoms with Crippen LogP contribution < -0.4 is 9.47 Å². The molecule has 0 amide bonds. The van der Waals surface area contributed by atoms with Gasteiger partial charge in [-0.1, -0.05) is 147 Å². The van der Waals surface area contributed by atoms with Gasteiger partial charge in [0.1, 0.15) is 11.5 Å². The van der Waals surface area contributed by atoms with Gasteiger partial charge in [-0.15, -0.1) is 0 Å². The minimum Gasteiger partial charge on any atom is -0.423 e. The Morgan fingerprint density at radius 1 is 0.586 bits per heavy atom.